The Balaban J connectivity index is 2.14. The lowest BCUT2D eigenvalue weighted by Crippen LogP contribution is -2.24. The Hall–Kier alpha value is -2.40. The number of ether oxygens (including phenoxy) is 1. The number of hydrogen-bond acceptors (Lipinski definition) is 5. The second-order valence-electron chi connectivity index (χ2n) is 4.99. The van der Waals surface area contributed by atoms with E-state index in [-0.39, 0.29) is 12.0 Å². The first-order chi connectivity index (χ1) is 12.1. The molecule has 25 heavy (non-hydrogen) atoms. The summed E-state index contributed by atoms with van der Waals surface area (Å²) in [5.74, 6) is 0. The Morgan fingerprint density at radius 1 is 1.00 bits per heavy atom. The molecule has 1 amide bonds. The molecule has 0 aliphatic rings. The van der Waals surface area contributed by atoms with E-state index in [1.165, 1.54) is 20.3 Å². The van der Waals surface area contributed by atoms with Crippen LogP contribution >= 0.6 is 7.60 Å². The third-order valence-electron chi connectivity index (χ3n) is 3.32. The highest BCUT2D eigenvalue weighted by Gasteiger charge is 2.29. The maximum atomic E-state index is 12.7. The molecule has 0 saturated heterocycles. The molecule has 0 bridgehead atoms. The van der Waals surface area contributed by atoms with Crippen molar-refractivity contribution < 1.29 is 23.1 Å². The van der Waals surface area contributed by atoms with Crippen LogP contribution < -0.4 is 5.32 Å². The van der Waals surface area contributed by atoms with Crippen LogP contribution in [-0.2, 0) is 25.0 Å². The van der Waals surface area contributed by atoms with Crippen molar-refractivity contribution in [3.8, 4) is 0 Å². The fourth-order valence-electron chi connectivity index (χ4n) is 2.03. The standard InChI is InChI=1S/C18H20NO5P/c1-22-25(21,23-2)17(13-15-9-5-3-6-10-15)19-18(20)24-14-16-11-7-4-8-12-16/h3-13H,14H2,1-2H3,(H,19,20)/b17-13+. The first-order valence-electron chi connectivity index (χ1n) is 7.54. The zero-order valence-electron chi connectivity index (χ0n) is 14.0. The summed E-state index contributed by atoms with van der Waals surface area (Å²) in [6, 6.07) is 18.3. The van der Waals surface area contributed by atoms with Crippen molar-refractivity contribution in [3.05, 3.63) is 77.2 Å². The minimum absolute atomic E-state index is 0.00163. The maximum Gasteiger partial charge on any atom is 0.412 e. The molecular formula is C18H20NO5P. The van der Waals surface area contributed by atoms with Gasteiger partial charge in [-0.25, -0.2) is 4.79 Å². The molecule has 2 rings (SSSR count). The Bertz CT molecular complexity index is 754. The number of hydrogen-bond donors (Lipinski definition) is 1. The van der Waals surface area contributed by atoms with Crippen LogP contribution in [0, 0.1) is 0 Å². The number of benzene rings is 2. The molecule has 0 atom stereocenters. The van der Waals surface area contributed by atoms with Gasteiger partial charge in [0.15, 0.2) is 0 Å². The number of amides is 1. The van der Waals surface area contributed by atoms with Gasteiger partial charge in [-0.1, -0.05) is 60.7 Å². The van der Waals surface area contributed by atoms with E-state index in [0.717, 1.165) is 11.1 Å². The highest BCUT2D eigenvalue weighted by atomic mass is 31.2. The van der Waals surface area contributed by atoms with E-state index in [9.17, 15) is 9.36 Å². The molecule has 7 heteroatoms. The number of alkyl carbamates (subject to hydrolysis) is 1. The predicted octanol–water partition coefficient (Wildman–Crippen LogP) is 4.40. The summed E-state index contributed by atoms with van der Waals surface area (Å²) in [7, 11) is -1.16. The molecule has 0 unspecified atom stereocenters. The lowest BCUT2D eigenvalue weighted by molar-refractivity contribution is 0.142. The Morgan fingerprint density at radius 3 is 2.12 bits per heavy atom. The van der Waals surface area contributed by atoms with Gasteiger partial charge in [-0.3, -0.25) is 9.88 Å². The summed E-state index contributed by atoms with van der Waals surface area (Å²) in [6.07, 6.45) is 0.776. The largest absolute Gasteiger partial charge is 0.444 e. The minimum Gasteiger partial charge on any atom is -0.444 e. The van der Waals surface area contributed by atoms with Gasteiger partial charge in [0.1, 0.15) is 12.0 Å². The number of carbonyl (C=O) groups excluding carboxylic acids is 1. The van der Waals surface area contributed by atoms with Gasteiger partial charge in [0, 0.05) is 14.2 Å². The summed E-state index contributed by atoms with van der Waals surface area (Å²) in [6.45, 7) is 0.0928. The molecule has 0 radical (unpaired) electrons. The van der Waals surface area contributed by atoms with Crippen molar-refractivity contribution in [1.82, 2.24) is 5.32 Å². The molecule has 1 N–H and O–H groups in total. The number of nitrogens with one attached hydrogen (secondary N) is 1. The zero-order valence-corrected chi connectivity index (χ0v) is 14.9. The van der Waals surface area contributed by atoms with Gasteiger partial charge in [0.05, 0.1) is 0 Å². The average molecular weight is 361 g/mol. The third kappa shape index (κ3) is 5.57. The lowest BCUT2D eigenvalue weighted by Gasteiger charge is -2.18. The molecule has 0 heterocycles. The van der Waals surface area contributed by atoms with Crippen LogP contribution in [0.3, 0.4) is 0 Å². The summed E-state index contributed by atoms with van der Waals surface area (Å²) in [5, 5.41) is 2.47. The van der Waals surface area contributed by atoms with Crippen molar-refractivity contribution >= 4 is 19.8 Å². The molecule has 6 nitrogen and oxygen atoms in total. The monoisotopic (exact) mass is 361 g/mol. The quantitative estimate of drug-likeness (QED) is 0.740. The molecule has 0 fully saturated rings. The highest BCUT2D eigenvalue weighted by molar-refractivity contribution is 7.58. The fraction of sp³-hybridized carbons (Fsp3) is 0.167. The smallest absolute Gasteiger partial charge is 0.412 e. The maximum absolute atomic E-state index is 12.7. The van der Waals surface area contributed by atoms with E-state index in [2.05, 4.69) is 5.32 Å². The molecule has 2 aromatic rings. The number of rotatable bonds is 7. The van der Waals surface area contributed by atoms with Gasteiger partial charge in [-0.05, 0) is 17.2 Å². The second kappa shape index (κ2) is 9.18. The van der Waals surface area contributed by atoms with Gasteiger partial charge in [0.25, 0.3) is 0 Å². The van der Waals surface area contributed by atoms with Gasteiger partial charge in [-0.2, -0.15) is 0 Å². The predicted molar refractivity (Wildman–Crippen MR) is 95.8 cm³/mol. The molecule has 0 aliphatic carbocycles. The van der Waals surface area contributed by atoms with Crippen LogP contribution in [-0.4, -0.2) is 20.3 Å². The van der Waals surface area contributed by atoms with E-state index >= 15 is 0 Å². The van der Waals surface area contributed by atoms with Gasteiger partial charge in [-0.15, -0.1) is 0 Å². The van der Waals surface area contributed by atoms with E-state index < -0.39 is 13.7 Å². The van der Waals surface area contributed by atoms with Crippen LogP contribution in [0.25, 0.3) is 6.08 Å². The summed E-state index contributed by atoms with van der Waals surface area (Å²) in [5.41, 5.74) is 1.57. The third-order valence-corrected chi connectivity index (χ3v) is 5.11. The highest BCUT2D eigenvalue weighted by Crippen LogP contribution is 2.53. The van der Waals surface area contributed by atoms with Crippen molar-refractivity contribution in [3.63, 3.8) is 0 Å². The Morgan fingerprint density at radius 2 is 1.56 bits per heavy atom. The molecule has 0 spiro atoms. The fourth-order valence-corrected chi connectivity index (χ4v) is 3.10. The van der Waals surface area contributed by atoms with E-state index in [1.54, 1.807) is 12.1 Å². The van der Waals surface area contributed by atoms with Crippen molar-refractivity contribution in [2.75, 3.05) is 14.2 Å². The number of carbonyl (C=O) groups is 1. The van der Waals surface area contributed by atoms with Gasteiger partial charge < -0.3 is 13.8 Å². The van der Waals surface area contributed by atoms with E-state index in [0.29, 0.717) is 0 Å². The summed E-state index contributed by atoms with van der Waals surface area (Å²) < 4.78 is 27.8. The van der Waals surface area contributed by atoms with Crippen molar-refractivity contribution in [1.29, 1.82) is 0 Å². The topological polar surface area (TPSA) is 73.9 Å². The molecular weight excluding hydrogens is 341 g/mol. The summed E-state index contributed by atoms with van der Waals surface area (Å²) >= 11 is 0. The Kier molecular flexibility index (Phi) is 6.95. The van der Waals surface area contributed by atoms with Crippen molar-refractivity contribution in [2.24, 2.45) is 0 Å². The Labute approximate surface area is 147 Å². The molecule has 132 valence electrons. The lowest BCUT2D eigenvalue weighted by atomic mass is 10.2. The second-order valence-corrected chi connectivity index (χ2v) is 7.20. The molecule has 0 aliphatic heterocycles. The van der Waals surface area contributed by atoms with Crippen LogP contribution in [0.1, 0.15) is 11.1 Å². The van der Waals surface area contributed by atoms with Crippen LogP contribution in [0.4, 0.5) is 4.79 Å². The minimum atomic E-state index is -3.66. The molecule has 0 saturated carbocycles. The van der Waals surface area contributed by atoms with E-state index in [4.69, 9.17) is 13.8 Å². The summed E-state index contributed by atoms with van der Waals surface area (Å²) in [4.78, 5) is 12.1. The van der Waals surface area contributed by atoms with Gasteiger partial charge in [0.2, 0.25) is 0 Å². The average Bonchev–Trinajstić information content (AvgIpc) is 2.67. The van der Waals surface area contributed by atoms with E-state index in [1.807, 2.05) is 48.5 Å². The zero-order chi connectivity index (χ0) is 18.1. The van der Waals surface area contributed by atoms with Crippen LogP contribution in [0.5, 0.6) is 0 Å². The van der Waals surface area contributed by atoms with Gasteiger partial charge >= 0.3 is 13.7 Å². The first-order valence-corrected chi connectivity index (χ1v) is 9.08. The van der Waals surface area contributed by atoms with Crippen molar-refractivity contribution in [2.45, 2.75) is 6.61 Å². The first kappa shape index (κ1) is 18.9. The van der Waals surface area contributed by atoms with Crippen LogP contribution in [0.2, 0.25) is 0 Å². The SMILES string of the molecule is COP(=O)(OC)/C(=C/c1ccccc1)NC(=O)OCc1ccccc1. The normalized spacial score (nSPS) is 11.8. The molecule has 0 aromatic heterocycles. The molecule has 2 aromatic carbocycles. The van der Waals surface area contributed by atoms with Crippen LogP contribution in [0.15, 0.2) is 66.1 Å².